The Morgan fingerprint density at radius 1 is 1.00 bits per heavy atom. The lowest BCUT2D eigenvalue weighted by Crippen LogP contribution is -2.45. The molecule has 1 fully saturated rings. The molecule has 184 valence electrons. The zero-order chi connectivity index (χ0) is 25.2. The summed E-state index contributed by atoms with van der Waals surface area (Å²) in [5.41, 5.74) is 7.99. The molecule has 3 atom stereocenters. The molecule has 1 aliphatic rings. The van der Waals surface area contributed by atoms with Crippen LogP contribution >= 0.6 is 23.2 Å². The standard InChI is InChI=1S/C25H24Cl2N8O/c1-15-31-33-35(32-15)14-16-12-21(17-2-6-19(26)7-3-17)23(18-4-8-20(27)9-5-18)34(13-16)25-22(24(28)36)29-10-11-30-25/h2-11,16,21,23H,12-14H2,1H3,(H2,28,36). The van der Waals surface area contributed by atoms with E-state index in [1.807, 2.05) is 55.5 Å². The van der Waals surface area contributed by atoms with Gasteiger partial charge in [-0.25, -0.2) is 9.97 Å². The molecule has 1 amide bonds. The van der Waals surface area contributed by atoms with Gasteiger partial charge in [0.1, 0.15) is 0 Å². The van der Waals surface area contributed by atoms with Crippen molar-refractivity contribution in [3.05, 3.63) is 93.6 Å². The highest BCUT2D eigenvalue weighted by Crippen LogP contribution is 2.47. The maximum Gasteiger partial charge on any atom is 0.271 e. The van der Waals surface area contributed by atoms with Crippen molar-refractivity contribution in [3.63, 3.8) is 0 Å². The van der Waals surface area contributed by atoms with Crippen molar-refractivity contribution < 1.29 is 4.79 Å². The van der Waals surface area contributed by atoms with E-state index in [-0.39, 0.29) is 23.6 Å². The van der Waals surface area contributed by atoms with Crippen molar-refractivity contribution in [2.24, 2.45) is 11.7 Å². The molecule has 0 spiro atoms. The average Bonchev–Trinajstić information content (AvgIpc) is 3.29. The Kier molecular flexibility index (Phi) is 6.84. The summed E-state index contributed by atoms with van der Waals surface area (Å²) in [6, 6.07) is 15.5. The first-order chi connectivity index (χ1) is 17.4. The first-order valence-corrected chi connectivity index (χ1v) is 12.3. The Balaban J connectivity index is 1.65. The lowest BCUT2D eigenvalue weighted by molar-refractivity contribution is 0.0995. The molecule has 11 heteroatoms. The Labute approximate surface area is 218 Å². The second-order valence-corrected chi connectivity index (χ2v) is 9.77. The van der Waals surface area contributed by atoms with Gasteiger partial charge in [-0.3, -0.25) is 4.79 Å². The van der Waals surface area contributed by atoms with E-state index in [1.165, 1.54) is 6.20 Å². The van der Waals surface area contributed by atoms with Gasteiger partial charge in [-0.1, -0.05) is 47.5 Å². The number of nitrogens with two attached hydrogens (primary N) is 1. The van der Waals surface area contributed by atoms with Crippen LogP contribution in [0.2, 0.25) is 10.0 Å². The first kappa shape index (κ1) is 24.1. The second-order valence-electron chi connectivity index (χ2n) is 8.89. The fourth-order valence-electron chi connectivity index (χ4n) is 4.97. The molecule has 0 saturated carbocycles. The van der Waals surface area contributed by atoms with Crippen LogP contribution in [-0.2, 0) is 6.54 Å². The van der Waals surface area contributed by atoms with Gasteiger partial charge in [-0.2, -0.15) is 4.80 Å². The number of halogens is 2. The number of hydrogen-bond donors (Lipinski definition) is 1. The van der Waals surface area contributed by atoms with Gasteiger partial charge in [0.25, 0.3) is 5.91 Å². The zero-order valence-corrected chi connectivity index (χ0v) is 21.0. The van der Waals surface area contributed by atoms with Gasteiger partial charge >= 0.3 is 0 Å². The van der Waals surface area contributed by atoms with Gasteiger partial charge in [-0.05, 0) is 59.9 Å². The summed E-state index contributed by atoms with van der Waals surface area (Å²) >= 11 is 12.4. The van der Waals surface area contributed by atoms with E-state index in [9.17, 15) is 4.79 Å². The highest BCUT2D eigenvalue weighted by molar-refractivity contribution is 6.30. The van der Waals surface area contributed by atoms with Gasteiger partial charge in [0.05, 0.1) is 12.6 Å². The summed E-state index contributed by atoms with van der Waals surface area (Å²) in [4.78, 5) is 24.9. The Bertz CT molecular complexity index is 1360. The number of amides is 1. The van der Waals surface area contributed by atoms with Gasteiger partial charge in [0, 0.05) is 34.9 Å². The number of aryl methyl sites for hydroxylation is 1. The zero-order valence-electron chi connectivity index (χ0n) is 19.5. The summed E-state index contributed by atoms with van der Waals surface area (Å²) in [6.45, 7) is 2.94. The third-order valence-electron chi connectivity index (χ3n) is 6.43. The number of tetrazole rings is 1. The van der Waals surface area contributed by atoms with Crippen molar-refractivity contribution in [1.82, 2.24) is 30.2 Å². The lowest BCUT2D eigenvalue weighted by Gasteiger charge is -2.46. The number of nitrogens with zero attached hydrogens (tertiary/aromatic N) is 7. The first-order valence-electron chi connectivity index (χ1n) is 11.5. The molecule has 2 aromatic heterocycles. The Morgan fingerprint density at radius 3 is 2.25 bits per heavy atom. The summed E-state index contributed by atoms with van der Waals surface area (Å²) in [5.74, 6) is 0.559. The highest BCUT2D eigenvalue weighted by atomic mass is 35.5. The van der Waals surface area contributed by atoms with Crippen LogP contribution in [0.5, 0.6) is 0 Å². The second kappa shape index (κ2) is 10.2. The predicted octanol–water partition coefficient (Wildman–Crippen LogP) is 4.23. The molecule has 3 heterocycles. The maximum absolute atomic E-state index is 12.3. The molecular weight excluding hydrogens is 499 g/mol. The molecule has 0 aliphatic carbocycles. The van der Waals surface area contributed by atoms with Crippen molar-refractivity contribution in [3.8, 4) is 0 Å². The van der Waals surface area contributed by atoms with E-state index in [1.54, 1.807) is 11.0 Å². The SMILES string of the molecule is Cc1nnn(CC2CC(c3ccc(Cl)cc3)C(c3ccc(Cl)cc3)N(c3nccnc3C(N)=O)C2)n1. The number of anilines is 1. The molecular formula is C25H24Cl2N8O. The normalized spacial score (nSPS) is 19.9. The van der Waals surface area contributed by atoms with E-state index in [4.69, 9.17) is 28.9 Å². The highest BCUT2D eigenvalue weighted by Gasteiger charge is 2.40. The number of aromatic nitrogens is 6. The summed E-state index contributed by atoms with van der Waals surface area (Å²) in [5, 5.41) is 13.9. The molecule has 9 nitrogen and oxygen atoms in total. The monoisotopic (exact) mass is 522 g/mol. The molecule has 1 saturated heterocycles. The smallest absolute Gasteiger partial charge is 0.271 e. The number of carbonyl (C=O) groups is 1. The predicted molar refractivity (Wildman–Crippen MR) is 137 cm³/mol. The van der Waals surface area contributed by atoms with E-state index in [0.717, 1.165) is 17.5 Å². The van der Waals surface area contributed by atoms with Gasteiger partial charge in [0.2, 0.25) is 0 Å². The minimum Gasteiger partial charge on any atom is -0.364 e. The van der Waals surface area contributed by atoms with Gasteiger partial charge in [0.15, 0.2) is 17.3 Å². The molecule has 36 heavy (non-hydrogen) atoms. The average molecular weight is 523 g/mol. The van der Waals surface area contributed by atoms with Crippen molar-refractivity contribution >= 4 is 34.9 Å². The fourth-order valence-corrected chi connectivity index (χ4v) is 5.22. The molecule has 1 aliphatic heterocycles. The van der Waals surface area contributed by atoms with Crippen molar-refractivity contribution in [2.75, 3.05) is 11.4 Å². The minimum atomic E-state index is -0.633. The summed E-state index contributed by atoms with van der Waals surface area (Å²) in [6.07, 6.45) is 3.88. The van der Waals surface area contributed by atoms with E-state index >= 15 is 0 Å². The van der Waals surface area contributed by atoms with E-state index in [2.05, 4.69) is 30.3 Å². The molecule has 0 radical (unpaired) electrons. The van der Waals surface area contributed by atoms with E-state index < -0.39 is 5.91 Å². The third kappa shape index (κ3) is 5.03. The van der Waals surface area contributed by atoms with Crippen LogP contribution in [0.3, 0.4) is 0 Å². The van der Waals surface area contributed by atoms with Crippen LogP contribution in [0.4, 0.5) is 5.82 Å². The topological polar surface area (TPSA) is 116 Å². The molecule has 5 rings (SSSR count). The van der Waals surface area contributed by atoms with Gasteiger partial charge in [-0.15, -0.1) is 10.2 Å². The fraction of sp³-hybridized carbons (Fsp3) is 0.280. The molecule has 0 bridgehead atoms. The molecule has 2 N–H and O–H groups in total. The van der Waals surface area contributed by atoms with Crippen LogP contribution in [0.1, 0.15) is 45.8 Å². The number of rotatable bonds is 6. The quantitative estimate of drug-likeness (QED) is 0.402. The largest absolute Gasteiger partial charge is 0.364 e. The maximum atomic E-state index is 12.3. The minimum absolute atomic E-state index is 0.0227. The van der Waals surface area contributed by atoms with Crippen molar-refractivity contribution in [1.29, 1.82) is 0 Å². The van der Waals surface area contributed by atoms with Crippen LogP contribution < -0.4 is 10.6 Å². The number of primary amides is 1. The Morgan fingerprint density at radius 2 is 1.64 bits per heavy atom. The summed E-state index contributed by atoms with van der Waals surface area (Å²) in [7, 11) is 0. The molecule has 2 aromatic carbocycles. The number of piperidine rings is 1. The lowest BCUT2D eigenvalue weighted by atomic mass is 9.76. The van der Waals surface area contributed by atoms with Crippen LogP contribution in [0.25, 0.3) is 0 Å². The third-order valence-corrected chi connectivity index (χ3v) is 6.93. The van der Waals surface area contributed by atoms with Crippen LogP contribution in [0, 0.1) is 12.8 Å². The van der Waals surface area contributed by atoms with Crippen LogP contribution in [0.15, 0.2) is 60.9 Å². The van der Waals surface area contributed by atoms with Gasteiger partial charge < -0.3 is 10.6 Å². The Hall–Kier alpha value is -3.56. The van der Waals surface area contributed by atoms with E-state index in [0.29, 0.717) is 34.8 Å². The summed E-state index contributed by atoms with van der Waals surface area (Å²) < 4.78 is 0. The van der Waals surface area contributed by atoms with Crippen LogP contribution in [-0.4, -0.2) is 42.6 Å². The van der Waals surface area contributed by atoms with Crippen molar-refractivity contribution in [2.45, 2.75) is 31.8 Å². The number of benzene rings is 2. The molecule has 3 unspecified atom stereocenters. The molecule has 4 aromatic rings. The number of carbonyl (C=O) groups excluding carboxylic acids is 1. The number of hydrogen-bond acceptors (Lipinski definition) is 7.